The summed E-state index contributed by atoms with van der Waals surface area (Å²) in [5, 5.41) is 9.53. The zero-order valence-corrected chi connectivity index (χ0v) is 8.94. The number of hydrogen-bond acceptors (Lipinski definition) is 2. The van der Waals surface area contributed by atoms with Gasteiger partial charge in [-0.25, -0.2) is 4.39 Å². The van der Waals surface area contributed by atoms with Crippen LogP contribution in [0.1, 0.15) is 11.7 Å². The fourth-order valence-corrected chi connectivity index (χ4v) is 1.35. The number of nitrogens with two attached hydrogens (primary N) is 1. The molecule has 1 rings (SSSR count). The van der Waals surface area contributed by atoms with E-state index < -0.39 is 11.9 Å². The molecular weight excluding hydrogens is 260 g/mol. The van der Waals surface area contributed by atoms with Crippen molar-refractivity contribution in [2.24, 2.45) is 5.73 Å². The summed E-state index contributed by atoms with van der Waals surface area (Å²) in [7, 11) is 0. The molecule has 0 radical (unpaired) electrons. The summed E-state index contributed by atoms with van der Waals surface area (Å²) in [5.74, 6) is -0.505. The van der Waals surface area contributed by atoms with Crippen LogP contribution in [0.25, 0.3) is 0 Å². The van der Waals surface area contributed by atoms with E-state index in [0.717, 1.165) is 0 Å². The monoisotopic (exact) mass is 267 g/mol. The molecule has 1 unspecified atom stereocenters. The topological polar surface area (TPSA) is 46.2 Å². The Kier molecular flexibility index (Phi) is 3.67. The number of aliphatic hydroxyl groups is 1. The van der Waals surface area contributed by atoms with Crippen molar-refractivity contribution in [3.63, 3.8) is 0 Å². The lowest BCUT2D eigenvalue weighted by Crippen LogP contribution is -2.11. The fraction of sp³-hybridized carbons (Fsp3) is 0.250. The van der Waals surface area contributed by atoms with Crippen molar-refractivity contribution in [2.45, 2.75) is 6.10 Å². The second kappa shape index (κ2) is 4.37. The van der Waals surface area contributed by atoms with Crippen molar-refractivity contribution in [1.82, 2.24) is 0 Å². The largest absolute Gasteiger partial charge is 0.387 e. The van der Waals surface area contributed by atoms with Crippen molar-refractivity contribution in [3.05, 3.63) is 33.0 Å². The molecule has 0 fully saturated rings. The maximum Gasteiger partial charge on any atom is 0.139 e. The molecule has 0 spiro atoms. The summed E-state index contributed by atoms with van der Waals surface area (Å²) in [4.78, 5) is 0. The minimum Gasteiger partial charge on any atom is -0.387 e. The van der Waals surface area contributed by atoms with E-state index in [4.69, 9.17) is 17.3 Å². The first-order valence-electron chi connectivity index (χ1n) is 3.59. The standard InChI is InChI=1S/C8H8BrClFNO/c9-8-5(10)1-4(2-6(8)11)7(13)3-12/h1-2,7,13H,3,12H2. The highest BCUT2D eigenvalue weighted by Crippen LogP contribution is 2.28. The van der Waals surface area contributed by atoms with Gasteiger partial charge < -0.3 is 10.8 Å². The molecule has 0 heterocycles. The summed E-state index contributed by atoms with van der Waals surface area (Å²) in [6.45, 7) is 0.0391. The van der Waals surface area contributed by atoms with E-state index in [2.05, 4.69) is 15.9 Å². The maximum atomic E-state index is 13.1. The molecular formula is C8H8BrClFNO. The SMILES string of the molecule is NCC(O)c1cc(F)c(Br)c(Cl)c1. The summed E-state index contributed by atoms with van der Waals surface area (Å²) < 4.78 is 13.2. The Morgan fingerprint density at radius 3 is 2.69 bits per heavy atom. The molecule has 1 aromatic carbocycles. The molecule has 1 atom stereocenters. The molecule has 5 heteroatoms. The van der Waals surface area contributed by atoms with Gasteiger partial charge in [0.05, 0.1) is 15.6 Å². The van der Waals surface area contributed by atoms with Crippen LogP contribution in [0.2, 0.25) is 5.02 Å². The van der Waals surface area contributed by atoms with Crippen LogP contribution in [-0.4, -0.2) is 11.7 Å². The van der Waals surface area contributed by atoms with E-state index in [1.807, 2.05) is 0 Å². The molecule has 0 aliphatic rings. The minimum atomic E-state index is -0.875. The molecule has 3 N–H and O–H groups in total. The number of benzene rings is 1. The molecule has 13 heavy (non-hydrogen) atoms. The number of halogens is 3. The molecule has 0 saturated carbocycles. The normalized spacial score (nSPS) is 13.0. The summed E-state index contributed by atoms with van der Waals surface area (Å²) >= 11 is 8.65. The molecule has 72 valence electrons. The zero-order valence-electron chi connectivity index (χ0n) is 6.60. The van der Waals surface area contributed by atoms with Crippen LogP contribution in [0.3, 0.4) is 0 Å². The van der Waals surface area contributed by atoms with E-state index in [1.165, 1.54) is 12.1 Å². The first kappa shape index (κ1) is 10.9. The third-order valence-corrected chi connectivity index (χ3v) is 2.95. The molecule has 0 aromatic heterocycles. The third kappa shape index (κ3) is 2.40. The van der Waals surface area contributed by atoms with E-state index in [-0.39, 0.29) is 16.0 Å². The van der Waals surface area contributed by atoms with Crippen LogP contribution in [0, 0.1) is 5.82 Å². The Hall–Kier alpha value is -0.160. The first-order chi connectivity index (χ1) is 6.06. The molecule has 0 aliphatic carbocycles. The van der Waals surface area contributed by atoms with Gasteiger partial charge in [-0.2, -0.15) is 0 Å². The molecule has 0 amide bonds. The quantitative estimate of drug-likeness (QED) is 0.808. The van der Waals surface area contributed by atoms with Gasteiger partial charge in [-0.05, 0) is 33.6 Å². The molecule has 0 bridgehead atoms. The predicted molar refractivity (Wildman–Crippen MR) is 53.1 cm³/mol. The molecule has 2 nitrogen and oxygen atoms in total. The Bertz CT molecular complexity index is 298. The maximum absolute atomic E-state index is 13.1. The highest BCUT2D eigenvalue weighted by Gasteiger charge is 2.11. The highest BCUT2D eigenvalue weighted by atomic mass is 79.9. The van der Waals surface area contributed by atoms with Crippen molar-refractivity contribution >= 4 is 27.5 Å². The summed E-state index contributed by atoms with van der Waals surface area (Å²) in [5.41, 5.74) is 5.60. The van der Waals surface area contributed by atoms with Gasteiger partial charge in [0, 0.05) is 6.54 Å². The Labute approximate surface area is 88.6 Å². The third-order valence-electron chi connectivity index (χ3n) is 1.61. The number of aliphatic hydroxyl groups excluding tert-OH is 1. The highest BCUT2D eigenvalue weighted by molar-refractivity contribution is 9.10. The number of hydrogen-bond donors (Lipinski definition) is 2. The average molecular weight is 269 g/mol. The molecule has 0 aliphatic heterocycles. The zero-order chi connectivity index (χ0) is 10.0. The van der Waals surface area contributed by atoms with E-state index >= 15 is 0 Å². The van der Waals surface area contributed by atoms with Crippen molar-refractivity contribution in [1.29, 1.82) is 0 Å². The lowest BCUT2D eigenvalue weighted by molar-refractivity contribution is 0.186. The first-order valence-corrected chi connectivity index (χ1v) is 4.76. The van der Waals surface area contributed by atoms with Gasteiger partial charge in [-0.3, -0.25) is 0 Å². The average Bonchev–Trinajstić information content (AvgIpc) is 2.12. The van der Waals surface area contributed by atoms with Crippen molar-refractivity contribution < 1.29 is 9.50 Å². The number of rotatable bonds is 2. The Morgan fingerprint density at radius 2 is 2.23 bits per heavy atom. The van der Waals surface area contributed by atoms with Crippen LogP contribution in [0.5, 0.6) is 0 Å². The predicted octanol–water partition coefficient (Wildman–Crippen LogP) is 2.23. The second-order valence-corrected chi connectivity index (χ2v) is 3.75. The lowest BCUT2D eigenvalue weighted by atomic mass is 10.1. The molecule has 1 aromatic rings. The smallest absolute Gasteiger partial charge is 0.139 e. The van der Waals surface area contributed by atoms with Gasteiger partial charge in [-0.1, -0.05) is 11.6 Å². The van der Waals surface area contributed by atoms with Crippen molar-refractivity contribution in [2.75, 3.05) is 6.54 Å². The van der Waals surface area contributed by atoms with Gasteiger partial charge in [-0.15, -0.1) is 0 Å². The van der Waals surface area contributed by atoms with E-state index in [0.29, 0.717) is 5.56 Å². The van der Waals surface area contributed by atoms with Gasteiger partial charge in [0.25, 0.3) is 0 Å². The van der Waals surface area contributed by atoms with Gasteiger partial charge in [0.1, 0.15) is 5.82 Å². The summed E-state index contributed by atoms with van der Waals surface area (Å²) in [6.07, 6.45) is -0.875. The van der Waals surface area contributed by atoms with Crippen LogP contribution < -0.4 is 5.73 Å². The van der Waals surface area contributed by atoms with Gasteiger partial charge in [0.15, 0.2) is 0 Å². The fourth-order valence-electron chi connectivity index (χ4n) is 0.904. The lowest BCUT2D eigenvalue weighted by Gasteiger charge is -2.09. The van der Waals surface area contributed by atoms with Crippen LogP contribution in [0.15, 0.2) is 16.6 Å². The van der Waals surface area contributed by atoms with E-state index in [1.54, 1.807) is 0 Å². The van der Waals surface area contributed by atoms with Crippen LogP contribution in [0.4, 0.5) is 4.39 Å². The second-order valence-electron chi connectivity index (χ2n) is 2.55. The van der Waals surface area contributed by atoms with E-state index in [9.17, 15) is 9.50 Å². The summed E-state index contributed by atoms with van der Waals surface area (Å²) in [6, 6.07) is 2.68. The Morgan fingerprint density at radius 1 is 1.62 bits per heavy atom. The van der Waals surface area contributed by atoms with Crippen LogP contribution >= 0.6 is 27.5 Å². The minimum absolute atomic E-state index is 0.0391. The van der Waals surface area contributed by atoms with Gasteiger partial charge >= 0.3 is 0 Å². The van der Waals surface area contributed by atoms with Gasteiger partial charge in [0.2, 0.25) is 0 Å². The Balaban J connectivity index is 3.13. The van der Waals surface area contributed by atoms with Crippen molar-refractivity contribution in [3.8, 4) is 0 Å². The molecule has 0 saturated heterocycles. The van der Waals surface area contributed by atoms with Crippen LogP contribution in [-0.2, 0) is 0 Å².